The zero-order chi connectivity index (χ0) is 21.3. The Balaban J connectivity index is 1.83. The van der Waals surface area contributed by atoms with Crippen molar-refractivity contribution in [3.8, 4) is 11.5 Å². The summed E-state index contributed by atoms with van der Waals surface area (Å²) in [5, 5.41) is 6.68. The average molecular weight is 413 g/mol. The first-order chi connectivity index (χ1) is 13.9. The molecule has 1 heterocycles. The molecule has 6 nitrogen and oxygen atoms in total. The summed E-state index contributed by atoms with van der Waals surface area (Å²) in [5.41, 5.74) is 0.924. The zero-order valence-corrected chi connectivity index (χ0v) is 17.9. The van der Waals surface area contributed by atoms with Gasteiger partial charge in [0.15, 0.2) is 17.5 Å². The molecule has 1 aromatic rings. The summed E-state index contributed by atoms with van der Waals surface area (Å²) in [6.45, 7) is 5.30. The van der Waals surface area contributed by atoms with Crippen LogP contribution >= 0.6 is 0 Å². The van der Waals surface area contributed by atoms with E-state index in [9.17, 15) is 8.78 Å². The second-order valence-corrected chi connectivity index (χ2v) is 7.83. The molecule has 0 amide bonds. The fourth-order valence-electron chi connectivity index (χ4n) is 3.52. The van der Waals surface area contributed by atoms with Crippen molar-refractivity contribution in [2.24, 2.45) is 4.99 Å². The Bertz CT molecular complexity index is 662. The average Bonchev–Trinajstić information content (AvgIpc) is 2.71. The molecule has 1 fully saturated rings. The Morgan fingerprint density at radius 3 is 2.52 bits per heavy atom. The molecule has 1 aromatic carbocycles. The maximum absolute atomic E-state index is 12.6. The van der Waals surface area contributed by atoms with Crippen LogP contribution in [-0.2, 0) is 6.42 Å². The number of piperidine rings is 1. The third kappa shape index (κ3) is 7.34. The molecular formula is C21H34F2N4O2. The van der Waals surface area contributed by atoms with Gasteiger partial charge >= 0.3 is 6.61 Å². The molecule has 0 atom stereocenters. The standard InChI is InChI=1S/C21H34F2N4O2/c1-21(2,27-12-6-5-7-13-27)15-26-20(24-3)25-11-10-16-8-9-17(28-4)18(14-16)29-19(22)23/h8-9,14,19H,5-7,10-13,15H2,1-4H3,(H2,24,25,26). The Morgan fingerprint density at radius 1 is 1.17 bits per heavy atom. The van der Waals surface area contributed by atoms with E-state index in [4.69, 9.17) is 4.74 Å². The smallest absolute Gasteiger partial charge is 0.387 e. The molecule has 0 spiro atoms. The molecule has 2 N–H and O–H groups in total. The van der Waals surface area contributed by atoms with E-state index in [1.54, 1.807) is 19.2 Å². The Morgan fingerprint density at radius 2 is 1.90 bits per heavy atom. The molecule has 0 unspecified atom stereocenters. The highest BCUT2D eigenvalue weighted by Crippen LogP contribution is 2.29. The van der Waals surface area contributed by atoms with Gasteiger partial charge in [0.05, 0.1) is 7.11 Å². The first kappa shape index (κ1) is 23.2. The van der Waals surface area contributed by atoms with Gasteiger partial charge in [0.1, 0.15) is 0 Å². The molecule has 164 valence electrons. The summed E-state index contributed by atoms with van der Waals surface area (Å²) in [6, 6.07) is 5.07. The minimum Gasteiger partial charge on any atom is -0.493 e. The van der Waals surface area contributed by atoms with Crippen LogP contribution in [0.3, 0.4) is 0 Å². The van der Waals surface area contributed by atoms with Crippen molar-refractivity contribution < 1.29 is 18.3 Å². The minimum atomic E-state index is -2.89. The molecule has 1 saturated heterocycles. The Labute approximate surface area is 172 Å². The van der Waals surface area contributed by atoms with Gasteiger partial charge < -0.3 is 20.1 Å². The van der Waals surface area contributed by atoms with Crippen molar-refractivity contribution in [3.05, 3.63) is 23.8 Å². The lowest BCUT2D eigenvalue weighted by Gasteiger charge is -2.41. The Hall–Kier alpha value is -2.09. The molecule has 0 aliphatic carbocycles. The van der Waals surface area contributed by atoms with Crippen LogP contribution < -0.4 is 20.1 Å². The lowest BCUT2D eigenvalue weighted by atomic mass is 9.98. The number of aliphatic imine (C=N–C) groups is 1. The van der Waals surface area contributed by atoms with Gasteiger partial charge in [-0.2, -0.15) is 8.78 Å². The van der Waals surface area contributed by atoms with Crippen molar-refractivity contribution >= 4 is 5.96 Å². The largest absolute Gasteiger partial charge is 0.493 e. The molecule has 29 heavy (non-hydrogen) atoms. The number of likely N-dealkylation sites (tertiary alicyclic amines) is 1. The molecule has 0 bridgehead atoms. The summed E-state index contributed by atoms with van der Waals surface area (Å²) >= 11 is 0. The minimum absolute atomic E-state index is 0.0470. The summed E-state index contributed by atoms with van der Waals surface area (Å²) < 4.78 is 34.7. The van der Waals surface area contributed by atoms with Crippen LogP contribution in [0.25, 0.3) is 0 Å². The maximum atomic E-state index is 12.6. The zero-order valence-electron chi connectivity index (χ0n) is 17.9. The number of alkyl halides is 2. The normalized spacial score (nSPS) is 16.0. The quantitative estimate of drug-likeness (QED) is 0.482. The van der Waals surface area contributed by atoms with Crippen LogP contribution in [0.5, 0.6) is 11.5 Å². The fourth-order valence-corrected chi connectivity index (χ4v) is 3.52. The topological polar surface area (TPSA) is 58.1 Å². The number of ether oxygens (including phenoxy) is 2. The predicted octanol–water partition coefficient (Wildman–Crippen LogP) is 3.27. The van der Waals surface area contributed by atoms with Crippen molar-refractivity contribution in [1.29, 1.82) is 0 Å². The third-order valence-corrected chi connectivity index (χ3v) is 5.27. The van der Waals surface area contributed by atoms with Crippen LogP contribution in [0.4, 0.5) is 8.78 Å². The van der Waals surface area contributed by atoms with Gasteiger partial charge in [0, 0.05) is 25.7 Å². The molecule has 0 saturated carbocycles. The van der Waals surface area contributed by atoms with Gasteiger partial charge in [-0.25, -0.2) is 0 Å². The van der Waals surface area contributed by atoms with E-state index in [-0.39, 0.29) is 11.3 Å². The highest BCUT2D eigenvalue weighted by Gasteiger charge is 2.27. The second kappa shape index (κ2) is 11.2. The van der Waals surface area contributed by atoms with Crippen LogP contribution in [0.1, 0.15) is 38.7 Å². The fraction of sp³-hybridized carbons (Fsp3) is 0.667. The van der Waals surface area contributed by atoms with Crippen molar-refractivity contribution in [2.45, 2.75) is 51.7 Å². The van der Waals surface area contributed by atoms with Crippen LogP contribution in [0.2, 0.25) is 0 Å². The SMILES string of the molecule is CN=C(NCCc1ccc(OC)c(OC(F)F)c1)NCC(C)(C)N1CCCCC1. The number of methoxy groups -OCH3 is 1. The van der Waals surface area contributed by atoms with E-state index >= 15 is 0 Å². The highest BCUT2D eigenvalue weighted by atomic mass is 19.3. The van der Waals surface area contributed by atoms with Gasteiger partial charge in [-0.15, -0.1) is 0 Å². The molecule has 1 aliphatic heterocycles. The highest BCUT2D eigenvalue weighted by molar-refractivity contribution is 5.79. The number of guanidine groups is 1. The first-order valence-electron chi connectivity index (χ1n) is 10.2. The molecule has 8 heteroatoms. The molecule has 0 radical (unpaired) electrons. The third-order valence-electron chi connectivity index (χ3n) is 5.27. The summed E-state index contributed by atoms with van der Waals surface area (Å²) in [6.07, 6.45) is 4.48. The Kier molecular flexibility index (Phi) is 8.95. The van der Waals surface area contributed by atoms with Gasteiger partial charge in [-0.05, 0) is 63.9 Å². The van der Waals surface area contributed by atoms with Crippen molar-refractivity contribution in [2.75, 3.05) is 40.3 Å². The van der Waals surface area contributed by atoms with Crippen LogP contribution in [0.15, 0.2) is 23.2 Å². The van der Waals surface area contributed by atoms with E-state index in [2.05, 4.69) is 39.1 Å². The second-order valence-electron chi connectivity index (χ2n) is 7.83. The van der Waals surface area contributed by atoms with Gasteiger partial charge in [0.2, 0.25) is 0 Å². The summed E-state index contributed by atoms with van der Waals surface area (Å²) in [7, 11) is 3.17. The number of halogens is 2. The van der Waals surface area contributed by atoms with Crippen molar-refractivity contribution in [3.63, 3.8) is 0 Å². The maximum Gasteiger partial charge on any atom is 0.387 e. The molecule has 1 aliphatic rings. The van der Waals surface area contributed by atoms with Crippen LogP contribution in [-0.4, -0.2) is 63.3 Å². The van der Waals surface area contributed by atoms with Gasteiger partial charge in [0.25, 0.3) is 0 Å². The lowest BCUT2D eigenvalue weighted by molar-refractivity contribution is -0.0512. The number of benzene rings is 1. The first-order valence-corrected chi connectivity index (χ1v) is 10.2. The van der Waals surface area contributed by atoms with E-state index in [1.807, 2.05) is 6.07 Å². The number of nitrogens with one attached hydrogen (secondary N) is 2. The monoisotopic (exact) mass is 412 g/mol. The number of hydrogen-bond acceptors (Lipinski definition) is 4. The number of nitrogens with zero attached hydrogens (tertiary/aromatic N) is 2. The predicted molar refractivity (Wildman–Crippen MR) is 112 cm³/mol. The number of rotatable bonds is 9. The van der Waals surface area contributed by atoms with Crippen molar-refractivity contribution in [1.82, 2.24) is 15.5 Å². The van der Waals surface area contributed by atoms with Gasteiger partial charge in [-0.1, -0.05) is 12.5 Å². The molecule has 0 aromatic heterocycles. The van der Waals surface area contributed by atoms with Gasteiger partial charge in [-0.3, -0.25) is 9.89 Å². The van der Waals surface area contributed by atoms with E-state index in [0.29, 0.717) is 18.7 Å². The van der Waals surface area contributed by atoms with E-state index in [0.717, 1.165) is 31.2 Å². The van der Waals surface area contributed by atoms with E-state index < -0.39 is 6.61 Å². The van der Waals surface area contributed by atoms with Crippen LogP contribution in [0, 0.1) is 0 Å². The lowest BCUT2D eigenvalue weighted by Crippen LogP contribution is -2.55. The summed E-state index contributed by atoms with van der Waals surface area (Å²) in [4.78, 5) is 6.81. The summed E-state index contributed by atoms with van der Waals surface area (Å²) in [5.74, 6) is 1.07. The molecular weight excluding hydrogens is 378 g/mol. The van der Waals surface area contributed by atoms with E-state index in [1.165, 1.54) is 26.4 Å². The number of hydrogen-bond donors (Lipinski definition) is 2. The molecule has 2 rings (SSSR count).